The van der Waals surface area contributed by atoms with Crippen molar-refractivity contribution in [3.05, 3.63) is 34.6 Å². The van der Waals surface area contributed by atoms with Gasteiger partial charge in [-0.2, -0.15) is 9.97 Å². The number of benzene rings is 1. The van der Waals surface area contributed by atoms with Gasteiger partial charge in [-0.05, 0) is 40.5 Å². The highest BCUT2D eigenvalue weighted by Gasteiger charge is 2.08. The molecule has 20 heavy (non-hydrogen) atoms. The number of nitrogens with two attached hydrogens (primary N) is 1. The van der Waals surface area contributed by atoms with Crippen molar-refractivity contribution in [1.82, 2.24) is 9.97 Å². The van der Waals surface area contributed by atoms with E-state index in [0.717, 1.165) is 13.0 Å². The van der Waals surface area contributed by atoms with Gasteiger partial charge in [-0.15, -0.1) is 0 Å². The van der Waals surface area contributed by atoms with E-state index in [1.807, 2.05) is 6.92 Å². The number of hydrogen-bond donors (Lipinski definition) is 2. The van der Waals surface area contributed by atoms with Crippen LogP contribution in [0.5, 0.6) is 11.6 Å². The second-order valence-corrected chi connectivity index (χ2v) is 4.91. The summed E-state index contributed by atoms with van der Waals surface area (Å²) in [4.78, 5) is 8.04. The highest BCUT2D eigenvalue weighted by atomic mass is 79.9. The predicted octanol–water partition coefficient (Wildman–Crippen LogP) is 3.57. The maximum Gasteiger partial charge on any atom is 0.226 e. The molecule has 0 spiro atoms. The summed E-state index contributed by atoms with van der Waals surface area (Å²) in [6.07, 6.45) is 0.962. The average Bonchev–Trinajstić information content (AvgIpc) is 2.39. The summed E-state index contributed by atoms with van der Waals surface area (Å²) < 4.78 is 19.1. The molecule has 5 nitrogen and oxygen atoms in total. The molecule has 0 atom stereocenters. The van der Waals surface area contributed by atoms with Crippen molar-refractivity contribution in [3.8, 4) is 11.6 Å². The molecule has 0 fully saturated rings. The topological polar surface area (TPSA) is 73.1 Å². The fraction of sp³-hybridized carbons (Fsp3) is 0.231. The molecule has 0 bridgehead atoms. The molecule has 0 radical (unpaired) electrons. The van der Waals surface area contributed by atoms with Crippen molar-refractivity contribution < 1.29 is 9.13 Å². The van der Waals surface area contributed by atoms with Crippen LogP contribution in [0.2, 0.25) is 0 Å². The summed E-state index contributed by atoms with van der Waals surface area (Å²) in [5, 5.41) is 3.10. The molecule has 1 aromatic heterocycles. The summed E-state index contributed by atoms with van der Waals surface area (Å²) in [7, 11) is 0. The first-order valence-electron chi connectivity index (χ1n) is 6.10. The predicted molar refractivity (Wildman–Crippen MR) is 79.4 cm³/mol. The fourth-order valence-electron chi connectivity index (χ4n) is 1.51. The first kappa shape index (κ1) is 14.5. The number of hydrogen-bond acceptors (Lipinski definition) is 5. The quantitative estimate of drug-likeness (QED) is 0.870. The molecular formula is C13H14BrFN4O. The van der Waals surface area contributed by atoms with Crippen LogP contribution in [0, 0.1) is 5.82 Å². The lowest BCUT2D eigenvalue weighted by Gasteiger charge is -2.09. The van der Waals surface area contributed by atoms with Gasteiger partial charge < -0.3 is 15.8 Å². The van der Waals surface area contributed by atoms with Crippen molar-refractivity contribution >= 4 is 27.7 Å². The maximum absolute atomic E-state index is 13.0. The van der Waals surface area contributed by atoms with Gasteiger partial charge in [-0.3, -0.25) is 0 Å². The van der Waals surface area contributed by atoms with Crippen molar-refractivity contribution in [2.45, 2.75) is 13.3 Å². The molecule has 0 unspecified atom stereocenters. The summed E-state index contributed by atoms with van der Waals surface area (Å²) in [5.41, 5.74) is 5.63. The Labute approximate surface area is 124 Å². The Hall–Kier alpha value is -1.89. The molecule has 0 saturated carbocycles. The molecule has 106 valence electrons. The summed E-state index contributed by atoms with van der Waals surface area (Å²) >= 11 is 3.23. The minimum Gasteiger partial charge on any atom is -0.438 e. The molecule has 1 aromatic carbocycles. The van der Waals surface area contributed by atoms with Gasteiger partial charge in [0.05, 0.1) is 4.47 Å². The van der Waals surface area contributed by atoms with E-state index in [4.69, 9.17) is 10.5 Å². The van der Waals surface area contributed by atoms with Crippen LogP contribution in [0.3, 0.4) is 0 Å². The van der Waals surface area contributed by atoms with Gasteiger partial charge in [0.2, 0.25) is 11.8 Å². The molecule has 2 aromatic rings. The largest absolute Gasteiger partial charge is 0.438 e. The van der Waals surface area contributed by atoms with Crippen LogP contribution in [-0.4, -0.2) is 16.5 Å². The molecule has 0 saturated heterocycles. The highest BCUT2D eigenvalue weighted by Crippen LogP contribution is 2.30. The Bertz CT molecular complexity index is 609. The van der Waals surface area contributed by atoms with E-state index in [-0.39, 0.29) is 11.8 Å². The third-order valence-electron chi connectivity index (χ3n) is 2.38. The van der Waals surface area contributed by atoms with E-state index < -0.39 is 0 Å². The van der Waals surface area contributed by atoms with Crippen LogP contribution in [0.25, 0.3) is 0 Å². The molecule has 3 N–H and O–H groups in total. The van der Waals surface area contributed by atoms with Gasteiger partial charge in [0.25, 0.3) is 0 Å². The monoisotopic (exact) mass is 340 g/mol. The van der Waals surface area contributed by atoms with Gasteiger partial charge in [-0.1, -0.05) is 6.92 Å². The number of nitrogens with zero attached hydrogens (tertiary/aromatic N) is 2. The van der Waals surface area contributed by atoms with Crippen LogP contribution in [-0.2, 0) is 0 Å². The van der Waals surface area contributed by atoms with E-state index in [2.05, 4.69) is 31.2 Å². The van der Waals surface area contributed by atoms with E-state index in [1.165, 1.54) is 18.2 Å². The summed E-state index contributed by atoms with van der Waals surface area (Å²) in [6.45, 7) is 2.82. The zero-order chi connectivity index (χ0) is 14.5. The third-order valence-corrected chi connectivity index (χ3v) is 3.00. The van der Waals surface area contributed by atoms with Gasteiger partial charge in [0.1, 0.15) is 17.4 Å². The molecule has 7 heteroatoms. The smallest absolute Gasteiger partial charge is 0.226 e. The molecule has 0 amide bonds. The fourth-order valence-corrected chi connectivity index (χ4v) is 1.94. The zero-order valence-corrected chi connectivity index (χ0v) is 12.4. The Morgan fingerprint density at radius 3 is 2.85 bits per heavy atom. The second kappa shape index (κ2) is 6.51. The lowest BCUT2D eigenvalue weighted by molar-refractivity contribution is 0.458. The van der Waals surface area contributed by atoms with Crippen molar-refractivity contribution in [2.75, 3.05) is 17.6 Å². The molecule has 0 aliphatic carbocycles. The van der Waals surface area contributed by atoms with E-state index in [9.17, 15) is 4.39 Å². The third kappa shape index (κ3) is 3.80. The van der Waals surface area contributed by atoms with Crippen molar-refractivity contribution in [1.29, 1.82) is 0 Å². The minimum absolute atomic E-state index is 0.110. The second-order valence-electron chi connectivity index (χ2n) is 4.05. The molecule has 1 heterocycles. The summed E-state index contributed by atoms with van der Waals surface area (Å²) in [5.74, 6) is 1.10. The number of nitrogen functional groups attached to an aromatic ring is 1. The van der Waals surface area contributed by atoms with E-state index in [1.54, 1.807) is 6.07 Å². The lowest BCUT2D eigenvalue weighted by atomic mass is 10.3. The summed E-state index contributed by atoms with van der Waals surface area (Å²) in [6, 6.07) is 5.77. The molecule has 0 aliphatic heterocycles. The van der Waals surface area contributed by atoms with Crippen LogP contribution < -0.4 is 15.8 Å². The SMILES string of the molecule is CCCNc1cc(Oc2ccc(F)cc2Br)nc(N)n1. The molecular weight excluding hydrogens is 327 g/mol. The van der Waals surface area contributed by atoms with Crippen LogP contribution >= 0.6 is 15.9 Å². The Morgan fingerprint density at radius 1 is 1.35 bits per heavy atom. The normalized spacial score (nSPS) is 10.3. The van der Waals surface area contributed by atoms with Gasteiger partial charge in [0, 0.05) is 12.6 Å². The first-order valence-corrected chi connectivity index (χ1v) is 6.89. The van der Waals surface area contributed by atoms with Gasteiger partial charge in [0.15, 0.2) is 0 Å². The number of ether oxygens (including phenoxy) is 1. The van der Waals surface area contributed by atoms with E-state index >= 15 is 0 Å². The zero-order valence-electron chi connectivity index (χ0n) is 10.9. The number of halogens is 2. The van der Waals surface area contributed by atoms with Gasteiger partial charge >= 0.3 is 0 Å². The molecule has 2 rings (SSSR count). The Kier molecular flexibility index (Phi) is 4.73. The van der Waals surface area contributed by atoms with Crippen LogP contribution in [0.4, 0.5) is 16.2 Å². The standard InChI is InChI=1S/C13H14BrFN4O/c1-2-5-17-11-7-12(19-13(16)18-11)20-10-4-3-8(15)6-9(10)14/h3-4,6-7H,2,5H2,1H3,(H3,16,17,18,19). The highest BCUT2D eigenvalue weighted by molar-refractivity contribution is 9.10. The Balaban J connectivity index is 2.21. The average molecular weight is 341 g/mol. The number of aromatic nitrogens is 2. The lowest BCUT2D eigenvalue weighted by Crippen LogP contribution is -2.05. The Morgan fingerprint density at radius 2 is 2.15 bits per heavy atom. The van der Waals surface area contributed by atoms with Gasteiger partial charge in [-0.25, -0.2) is 4.39 Å². The number of rotatable bonds is 5. The minimum atomic E-state index is -0.350. The molecule has 0 aliphatic rings. The van der Waals surface area contributed by atoms with Crippen molar-refractivity contribution in [2.24, 2.45) is 0 Å². The number of anilines is 2. The maximum atomic E-state index is 13.0. The van der Waals surface area contributed by atoms with Crippen LogP contribution in [0.15, 0.2) is 28.7 Å². The first-order chi connectivity index (χ1) is 9.58. The van der Waals surface area contributed by atoms with Crippen molar-refractivity contribution in [3.63, 3.8) is 0 Å². The number of nitrogens with one attached hydrogen (secondary N) is 1. The van der Waals surface area contributed by atoms with E-state index in [0.29, 0.717) is 21.9 Å². The van der Waals surface area contributed by atoms with Crippen LogP contribution in [0.1, 0.15) is 13.3 Å².